The van der Waals surface area contributed by atoms with Crippen molar-refractivity contribution in [1.82, 2.24) is 0 Å². The van der Waals surface area contributed by atoms with Gasteiger partial charge < -0.3 is 4.42 Å². The molecule has 28 heavy (non-hydrogen) atoms. The van der Waals surface area contributed by atoms with Crippen LogP contribution in [-0.4, -0.2) is 0 Å². The maximum atomic E-state index is 9.55. The summed E-state index contributed by atoms with van der Waals surface area (Å²) in [6.45, 7) is 4.16. The molecule has 3 aromatic carbocycles. The van der Waals surface area contributed by atoms with E-state index in [9.17, 15) is 5.26 Å². The van der Waals surface area contributed by atoms with Crippen molar-refractivity contribution in [3.8, 4) is 39.8 Å². The Hall–Kier alpha value is -3.57. The van der Waals surface area contributed by atoms with Crippen molar-refractivity contribution in [2.45, 2.75) is 20.3 Å². The van der Waals surface area contributed by atoms with Gasteiger partial charge in [0, 0.05) is 22.3 Å². The second-order valence-corrected chi connectivity index (χ2v) is 7.00. The predicted octanol–water partition coefficient (Wildman–Crippen LogP) is 6.96. The molecule has 0 atom stereocenters. The zero-order chi connectivity index (χ0) is 19.5. The van der Waals surface area contributed by atoms with Gasteiger partial charge in [0.25, 0.3) is 0 Å². The molecule has 1 aromatic heterocycles. The van der Waals surface area contributed by atoms with Crippen LogP contribution in [0.2, 0.25) is 0 Å². The summed E-state index contributed by atoms with van der Waals surface area (Å²) in [5.74, 6) is 1.60. The van der Waals surface area contributed by atoms with Crippen LogP contribution < -0.4 is 0 Å². The van der Waals surface area contributed by atoms with Crippen molar-refractivity contribution in [1.29, 1.82) is 5.26 Å². The number of nitriles is 1. The van der Waals surface area contributed by atoms with Gasteiger partial charge in [0.05, 0.1) is 12.5 Å². The number of hydrogen-bond donors (Lipinski definition) is 0. The first-order chi connectivity index (χ1) is 13.7. The van der Waals surface area contributed by atoms with Crippen molar-refractivity contribution < 1.29 is 4.42 Å². The highest BCUT2D eigenvalue weighted by Gasteiger charge is 2.24. The monoisotopic (exact) mass is 363 g/mol. The van der Waals surface area contributed by atoms with Gasteiger partial charge in [-0.05, 0) is 25.0 Å². The van der Waals surface area contributed by atoms with Gasteiger partial charge in [-0.2, -0.15) is 5.26 Å². The molecular formula is C26H21NO. The first-order valence-electron chi connectivity index (χ1n) is 9.40. The first kappa shape index (κ1) is 17.8. The summed E-state index contributed by atoms with van der Waals surface area (Å²) in [6.07, 6.45) is 0.294. The van der Waals surface area contributed by atoms with E-state index in [0.29, 0.717) is 6.42 Å². The van der Waals surface area contributed by atoms with E-state index < -0.39 is 0 Å². The molecule has 2 heteroatoms. The molecule has 0 radical (unpaired) electrons. The third-order valence-electron chi connectivity index (χ3n) is 5.03. The maximum absolute atomic E-state index is 9.55. The molecule has 0 unspecified atom stereocenters. The van der Waals surface area contributed by atoms with E-state index >= 15 is 0 Å². The van der Waals surface area contributed by atoms with Crippen LogP contribution in [0.5, 0.6) is 0 Å². The van der Waals surface area contributed by atoms with Crippen molar-refractivity contribution in [3.63, 3.8) is 0 Å². The van der Waals surface area contributed by atoms with E-state index in [2.05, 4.69) is 56.3 Å². The van der Waals surface area contributed by atoms with Gasteiger partial charge in [-0.25, -0.2) is 0 Å². The Labute approximate surface area is 165 Å². The molecule has 0 saturated heterocycles. The number of benzene rings is 3. The third kappa shape index (κ3) is 3.23. The Morgan fingerprint density at radius 2 is 1.43 bits per heavy atom. The highest BCUT2D eigenvalue weighted by molar-refractivity contribution is 5.88. The lowest BCUT2D eigenvalue weighted by Gasteiger charge is -2.08. The molecule has 0 spiro atoms. The molecule has 0 aliphatic heterocycles. The lowest BCUT2D eigenvalue weighted by atomic mass is 9.93. The summed E-state index contributed by atoms with van der Waals surface area (Å²) in [5, 5.41) is 9.55. The molecule has 136 valence electrons. The molecular weight excluding hydrogens is 342 g/mol. The van der Waals surface area contributed by atoms with E-state index in [0.717, 1.165) is 44.9 Å². The van der Waals surface area contributed by atoms with Crippen LogP contribution in [0.25, 0.3) is 33.8 Å². The third-order valence-corrected chi connectivity index (χ3v) is 5.03. The summed E-state index contributed by atoms with van der Waals surface area (Å²) in [6, 6.07) is 29.0. The minimum atomic E-state index is 0.294. The molecule has 0 bridgehead atoms. The highest BCUT2D eigenvalue weighted by atomic mass is 16.3. The Bertz CT molecular complexity index is 1150. The average Bonchev–Trinajstić information content (AvgIpc) is 3.09. The van der Waals surface area contributed by atoms with E-state index in [-0.39, 0.29) is 0 Å². The Morgan fingerprint density at radius 3 is 2.11 bits per heavy atom. The molecule has 0 amide bonds. The molecule has 0 fully saturated rings. The summed E-state index contributed by atoms with van der Waals surface area (Å²) >= 11 is 0. The second kappa shape index (κ2) is 7.58. The fourth-order valence-electron chi connectivity index (χ4n) is 3.58. The Kier molecular flexibility index (Phi) is 4.83. The normalized spacial score (nSPS) is 10.6. The standard InChI is InChI=1S/C26H21NO/c1-18-12-14-20(15-13-18)24-23(16-17-27)25(21-9-4-3-5-10-21)28-26(24)22-11-7-6-8-19(22)2/h3-15H,16H2,1-2H3. The topological polar surface area (TPSA) is 36.9 Å². The number of furan rings is 1. The van der Waals surface area contributed by atoms with Gasteiger partial charge in [0.15, 0.2) is 0 Å². The average molecular weight is 363 g/mol. The minimum Gasteiger partial charge on any atom is -0.455 e. The fraction of sp³-hybridized carbons (Fsp3) is 0.115. The summed E-state index contributed by atoms with van der Waals surface area (Å²) in [7, 11) is 0. The Morgan fingerprint density at radius 1 is 0.750 bits per heavy atom. The smallest absolute Gasteiger partial charge is 0.143 e. The molecule has 0 N–H and O–H groups in total. The van der Waals surface area contributed by atoms with E-state index in [1.165, 1.54) is 5.56 Å². The minimum absolute atomic E-state index is 0.294. The Balaban J connectivity index is 2.06. The van der Waals surface area contributed by atoms with Gasteiger partial charge in [0.2, 0.25) is 0 Å². The van der Waals surface area contributed by atoms with Crippen molar-refractivity contribution >= 4 is 0 Å². The zero-order valence-electron chi connectivity index (χ0n) is 16.1. The number of aryl methyl sites for hydroxylation is 2. The van der Waals surface area contributed by atoms with Crippen LogP contribution in [-0.2, 0) is 6.42 Å². The van der Waals surface area contributed by atoms with Crippen molar-refractivity contribution in [2.75, 3.05) is 0 Å². The maximum Gasteiger partial charge on any atom is 0.143 e. The van der Waals surface area contributed by atoms with Crippen LogP contribution in [0.15, 0.2) is 83.3 Å². The van der Waals surface area contributed by atoms with Crippen LogP contribution in [0.3, 0.4) is 0 Å². The van der Waals surface area contributed by atoms with Gasteiger partial charge in [0.1, 0.15) is 11.5 Å². The summed E-state index contributed by atoms with van der Waals surface area (Å²) in [4.78, 5) is 0. The van der Waals surface area contributed by atoms with E-state index in [1.807, 2.05) is 42.5 Å². The first-order valence-corrected chi connectivity index (χ1v) is 9.40. The molecule has 4 rings (SSSR count). The lowest BCUT2D eigenvalue weighted by Crippen LogP contribution is -1.90. The SMILES string of the molecule is Cc1ccc(-c2c(-c3ccccc3C)oc(-c3ccccc3)c2CC#N)cc1. The highest BCUT2D eigenvalue weighted by Crippen LogP contribution is 2.44. The number of hydrogen-bond acceptors (Lipinski definition) is 2. The molecule has 0 aliphatic rings. The van der Waals surface area contributed by atoms with Crippen LogP contribution in [0.1, 0.15) is 16.7 Å². The van der Waals surface area contributed by atoms with Gasteiger partial charge in [-0.3, -0.25) is 0 Å². The molecule has 2 nitrogen and oxygen atoms in total. The van der Waals surface area contributed by atoms with Crippen LogP contribution in [0, 0.1) is 25.2 Å². The molecule has 0 aliphatic carbocycles. The van der Waals surface area contributed by atoms with Crippen molar-refractivity contribution in [2.24, 2.45) is 0 Å². The number of nitrogens with zero attached hydrogens (tertiary/aromatic N) is 1. The van der Waals surface area contributed by atoms with E-state index in [1.54, 1.807) is 0 Å². The van der Waals surface area contributed by atoms with Crippen LogP contribution >= 0.6 is 0 Å². The zero-order valence-corrected chi connectivity index (χ0v) is 16.1. The number of rotatable bonds is 4. The molecule has 1 heterocycles. The predicted molar refractivity (Wildman–Crippen MR) is 114 cm³/mol. The van der Waals surface area contributed by atoms with Crippen molar-refractivity contribution in [3.05, 3.63) is 95.6 Å². The van der Waals surface area contributed by atoms with Gasteiger partial charge in [-0.15, -0.1) is 0 Å². The second-order valence-electron chi connectivity index (χ2n) is 7.00. The fourth-order valence-corrected chi connectivity index (χ4v) is 3.58. The summed E-state index contributed by atoms with van der Waals surface area (Å²) < 4.78 is 6.48. The van der Waals surface area contributed by atoms with Gasteiger partial charge >= 0.3 is 0 Å². The van der Waals surface area contributed by atoms with Crippen LogP contribution in [0.4, 0.5) is 0 Å². The lowest BCUT2D eigenvalue weighted by molar-refractivity contribution is 0.595. The summed E-state index contributed by atoms with van der Waals surface area (Å²) in [5.41, 5.74) is 7.41. The molecule has 0 saturated carbocycles. The largest absolute Gasteiger partial charge is 0.455 e. The molecule has 4 aromatic rings. The quantitative estimate of drug-likeness (QED) is 0.393. The van der Waals surface area contributed by atoms with E-state index in [4.69, 9.17) is 4.42 Å². The van der Waals surface area contributed by atoms with Gasteiger partial charge in [-0.1, -0.05) is 84.4 Å².